The molecule has 14 heavy (non-hydrogen) atoms. The molecular weight excluding hydrogens is 252 g/mol. The third-order valence-electron chi connectivity index (χ3n) is 2.50. The zero-order chi connectivity index (χ0) is 10.1. The van der Waals surface area contributed by atoms with Gasteiger partial charge in [0.25, 0.3) is 6.43 Å². The lowest BCUT2D eigenvalue weighted by atomic mass is 9.96. The summed E-state index contributed by atoms with van der Waals surface area (Å²) in [6.07, 6.45) is -1.90. The third-order valence-corrected chi connectivity index (χ3v) is 3.24. The molecule has 0 aromatic heterocycles. The molecule has 0 spiro atoms. The van der Waals surface area contributed by atoms with E-state index in [1.165, 1.54) is 0 Å². The van der Waals surface area contributed by atoms with Gasteiger partial charge in [0.05, 0.1) is 6.04 Å². The maximum Gasteiger partial charge on any atom is 0.254 e. The summed E-state index contributed by atoms with van der Waals surface area (Å²) < 4.78 is 25.9. The zero-order valence-corrected chi connectivity index (χ0v) is 9.02. The first-order chi connectivity index (χ1) is 6.68. The first-order valence-corrected chi connectivity index (χ1v) is 5.25. The van der Waals surface area contributed by atoms with Gasteiger partial charge in [0.1, 0.15) is 0 Å². The highest BCUT2D eigenvalue weighted by molar-refractivity contribution is 9.10. The van der Waals surface area contributed by atoms with Gasteiger partial charge in [-0.05, 0) is 23.6 Å². The van der Waals surface area contributed by atoms with Crippen molar-refractivity contribution in [2.45, 2.75) is 25.4 Å². The molecule has 1 aliphatic heterocycles. The molecule has 1 aromatic carbocycles. The predicted molar refractivity (Wildman–Crippen MR) is 54.5 cm³/mol. The van der Waals surface area contributed by atoms with Gasteiger partial charge in [-0.2, -0.15) is 0 Å². The number of nitrogens with one attached hydrogen (secondary N) is 1. The van der Waals surface area contributed by atoms with Gasteiger partial charge in [-0.3, -0.25) is 0 Å². The Morgan fingerprint density at radius 2 is 2.21 bits per heavy atom. The molecule has 1 aromatic rings. The van der Waals surface area contributed by atoms with Crippen molar-refractivity contribution in [3.63, 3.8) is 0 Å². The largest absolute Gasteiger partial charge is 0.304 e. The van der Waals surface area contributed by atoms with Crippen LogP contribution in [0.1, 0.15) is 11.1 Å². The van der Waals surface area contributed by atoms with E-state index in [1.807, 2.05) is 18.2 Å². The highest BCUT2D eigenvalue weighted by atomic mass is 79.9. The molecule has 2 rings (SSSR count). The monoisotopic (exact) mass is 261 g/mol. The van der Waals surface area contributed by atoms with Crippen LogP contribution in [-0.4, -0.2) is 12.5 Å². The molecule has 1 nitrogen and oxygen atoms in total. The van der Waals surface area contributed by atoms with Crippen molar-refractivity contribution in [3.05, 3.63) is 33.8 Å². The fourth-order valence-electron chi connectivity index (χ4n) is 1.71. The van der Waals surface area contributed by atoms with Gasteiger partial charge < -0.3 is 5.32 Å². The van der Waals surface area contributed by atoms with E-state index in [9.17, 15) is 8.78 Å². The summed E-state index contributed by atoms with van der Waals surface area (Å²) in [5.41, 5.74) is 2.12. The highest BCUT2D eigenvalue weighted by Crippen LogP contribution is 2.26. The minimum Gasteiger partial charge on any atom is -0.304 e. The van der Waals surface area contributed by atoms with Crippen LogP contribution >= 0.6 is 15.9 Å². The Morgan fingerprint density at radius 3 is 2.93 bits per heavy atom. The molecule has 0 aliphatic carbocycles. The molecule has 0 fully saturated rings. The summed E-state index contributed by atoms with van der Waals surface area (Å²) in [6.45, 7) is 0.532. The molecule has 1 aliphatic rings. The Kier molecular flexibility index (Phi) is 2.83. The van der Waals surface area contributed by atoms with E-state index < -0.39 is 12.5 Å². The molecule has 76 valence electrons. The summed E-state index contributed by atoms with van der Waals surface area (Å²) in [5.74, 6) is 0. The van der Waals surface area contributed by atoms with Crippen LogP contribution in [0.15, 0.2) is 22.7 Å². The molecule has 1 heterocycles. The second-order valence-electron chi connectivity index (χ2n) is 3.40. The zero-order valence-electron chi connectivity index (χ0n) is 7.43. The van der Waals surface area contributed by atoms with Gasteiger partial charge in [-0.1, -0.05) is 28.1 Å². The van der Waals surface area contributed by atoms with Gasteiger partial charge in [0.2, 0.25) is 0 Å². The Bertz CT molecular complexity index is 341. The number of alkyl halides is 2. The van der Waals surface area contributed by atoms with Crippen LogP contribution in [0.25, 0.3) is 0 Å². The molecule has 1 unspecified atom stereocenters. The van der Waals surface area contributed by atoms with Crippen LogP contribution in [0.4, 0.5) is 8.78 Å². The van der Waals surface area contributed by atoms with Crippen molar-refractivity contribution < 1.29 is 8.78 Å². The maximum atomic E-state index is 12.5. The number of halogens is 3. The summed E-state index contributed by atoms with van der Waals surface area (Å²) in [6, 6.07) is 5.08. The summed E-state index contributed by atoms with van der Waals surface area (Å²) in [7, 11) is 0. The molecule has 0 saturated carbocycles. The van der Waals surface area contributed by atoms with Crippen molar-refractivity contribution in [1.29, 1.82) is 0 Å². The summed E-state index contributed by atoms with van der Waals surface area (Å²) >= 11 is 3.39. The predicted octanol–water partition coefficient (Wildman–Crippen LogP) is 2.73. The Morgan fingerprint density at radius 1 is 1.43 bits per heavy atom. The Hall–Kier alpha value is -0.480. The van der Waals surface area contributed by atoms with Crippen molar-refractivity contribution in [3.8, 4) is 0 Å². The molecule has 0 amide bonds. The van der Waals surface area contributed by atoms with Crippen molar-refractivity contribution >= 4 is 15.9 Å². The molecule has 1 N–H and O–H groups in total. The van der Waals surface area contributed by atoms with E-state index in [-0.39, 0.29) is 0 Å². The van der Waals surface area contributed by atoms with E-state index in [0.29, 0.717) is 13.0 Å². The fourth-order valence-corrected chi connectivity index (χ4v) is 2.28. The minimum absolute atomic E-state index is 0.397. The Balaban J connectivity index is 2.29. The molecule has 0 bridgehead atoms. The quantitative estimate of drug-likeness (QED) is 0.820. The number of benzene rings is 1. The average Bonchev–Trinajstić information content (AvgIpc) is 2.18. The summed E-state index contributed by atoms with van der Waals surface area (Å²) in [4.78, 5) is 0. The molecule has 0 radical (unpaired) electrons. The first kappa shape index (κ1) is 10.1. The lowest BCUT2D eigenvalue weighted by Crippen LogP contribution is -2.40. The van der Waals surface area contributed by atoms with Crippen molar-refractivity contribution in [2.75, 3.05) is 0 Å². The second kappa shape index (κ2) is 3.95. The van der Waals surface area contributed by atoms with Crippen LogP contribution in [0, 0.1) is 0 Å². The van der Waals surface area contributed by atoms with Crippen LogP contribution < -0.4 is 5.32 Å². The van der Waals surface area contributed by atoms with E-state index in [0.717, 1.165) is 15.6 Å². The number of fused-ring (bicyclic) bond motifs is 1. The van der Waals surface area contributed by atoms with E-state index in [1.54, 1.807) is 0 Å². The van der Waals surface area contributed by atoms with Crippen LogP contribution in [0.5, 0.6) is 0 Å². The summed E-state index contributed by atoms with van der Waals surface area (Å²) in [5, 5.41) is 2.83. The number of rotatable bonds is 1. The number of hydrogen-bond acceptors (Lipinski definition) is 1. The molecule has 0 saturated heterocycles. The van der Waals surface area contributed by atoms with Crippen LogP contribution in [-0.2, 0) is 13.0 Å². The third kappa shape index (κ3) is 1.81. The second-order valence-corrected chi connectivity index (χ2v) is 4.26. The average molecular weight is 262 g/mol. The smallest absolute Gasteiger partial charge is 0.254 e. The highest BCUT2D eigenvalue weighted by Gasteiger charge is 2.26. The van der Waals surface area contributed by atoms with E-state index >= 15 is 0 Å². The van der Waals surface area contributed by atoms with Crippen LogP contribution in [0.2, 0.25) is 0 Å². The van der Waals surface area contributed by atoms with Crippen LogP contribution in [0.3, 0.4) is 0 Å². The normalized spacial score (nSPS) is 21.0. The first-order valence-electron chi connectivity index (χ1n) is 4.46. The topological polar surface area (TPSA) is 12.0 Å². The Labute approximate surface area is 89.6 Å². The van der Waals surface area contributed by atoms with Crippen molar-refractivity contribution in [1.82, 2.24) is 5.32 Å². The van der Waals surface area contributed by atoms with Gasteiger partial charge in [0.15, 0.2) is 0 Å². The van der Waals surface area contributed by atoms with Gasteiger partial charge in [-0.25, -0.2) is 8.78 Å². The van der Waals surface area contributed by atoms with Gasteiger partial charge >= 0.3 is 0 Å². The number of hydrogen-bond donors (Lipinski definition) is 1. The van der Waals surface area contributed by atoms with Gasteiger partial charge in [-0.15, -0.1) is 0 Å². The molecular formula is C10H10BrF2N. The lowest BCUT2D eigenvalue weighted by Gasteiger charge is -2.26. The van der Waals surface area contributed by atoms with E-state index in [4.69, 9.17) is 0 Å². The molecule has 4 heteroatoms. The lowest BCUT2D eigenvalue weighted by molar-refractivity contribution is 0.0941. The van der Waals surface area contributed by atoms with Gasteiger partial charge in [0, 0.05) is 11.0 Å². The standard InChI is InChI=1S/C10H10BrF2N/c11-8-3-1-2-6-5-14-9(10(12)13)4-7(6)8/h1-3,9-10,14H,4-5H2. The van der Waals surface area contributed by atoms with Crippen molar-refractivity contribution in [2.24, 2.45) is 0 Å². The minimum atomic E-state index is -2.30. The van der Waals surface area contributed by atoms with E-state index in [2.05, 4.69) is 21.2 Å². The SMILES string of the molecule is FC(F)C1Cc2c(Br)cccc2CN1. The molecule has 1 atom stereocenters. The fraction of sp³-hybridized carbons (Fsp3) is 0.400. The maximum absolute atomic E-state index is 12.5.